The van der Waals surface area contributed by atoms with Crippen LogP contribution in [-0.4, -0.2) is 37.1 Å². The second kappa shape index (κ2) is 5.83. The number of nitrogens with two attached hydrogens (primary N) is 1. The first-order chi connectivity index (χ1) is 8.59. The van der Waals surface area contributed by atoms with Gasteiger partial charge in [-0.25, -0.2) is 0 Å². The summed E-state index contributed by atoms with van der Waals surface area (Å²) in [4.78, 5) is 2.48. The highest BCUT2D eigenvalue weighted by Gasteiger charge is 2.23. The molecule has 2 rings (SSSR count). The Morgan fingerprint density at radius 2 is 1.83 bits per heavy atom. The fourth-order valence-electron chi connectivity index (χ4n) is 2.57. The molecule has 3 N–H and O–H groups in total. The van der Waals surface area contributed by atoms with Crippen molar-refractivity contribution in [3.8, 4) is 0 Å². The summed E-state index contributed by atoms with van der Waals surface area (Å²) in [5.74, 6) is 0. The molecular weight excluding hydrogens is 222 g/mol. The molecule has 0 aliphatic carbocycles. The van der Waals surface area contributed by atoms with Gasteiger partial charge in [0, 0.05) is 38.3 Å². The van der Waals surface area contributed by atoms with E-state index in [0.717, 1.165) is 26.2 Å². The smallest absolute Gasteiger partial charge is 0.0450 e. The molecule has 1 aliphatic heterocycles. The molecule has 0 bridgehead atoms. The van der Waals surface area contributed by atoms with E-state index in [0.29, 0.717) is 6.04 Å². The fourth-order valence-corrected chi connectivity index (χ4v) is 2.57. The maximum atomic E-state index is 6.43. The third-order valence-corrected chi connectivity index (χ3v) is 4.16. The van der Waals surface area contributed by atoms with Crippen LogP contribution in [0.1, 0.15) is 29.7 Å². The molecule has 1 saturated heterocycles. The van der Waals surface area contributed by atoms with Crippen LogP contribution in [0.4, 0.5) is 0 Å². The van der Waals surface area contributed by atoms with E-state index in [1.165, 1.54) is 16.7 Å². The molecular formula is C15H25N3. The van der Waals surface area contributed by atoms with Gasteiger partial charge in [-0.2, -0.15) is 0 Å². The van der Waals surface area contributed by atoms with Crippen molar-refractivity contribution in [3.05, 3.63) is 34.9 Å². The Morgan fingerprint density at radius 1 is 1.17 bits per heavy atom. The van der Waals surface area contributed by atoms with Crippen LogP contribution in [0.25, 0.3) is 0 Å². The topological polar surface area (TPSA) is 41.3 Å². The maximum Gasteiger partial charge on any atom is 0.0450 e. The second-order valence-electron chi connectivity index (χ2n) is 5.40. The zero-order valence-electron chi connectivity index (χ0n) is 11.7. The van der Waals surface area contributed by atoms with Gasteiger partial charge in [-0.05, 0) is 37.5 Å². The molecule has 0 spiro atoms. The van der Waals surface area contributed by atoms with Crippen molar-refractivity contribution in [3.63, 3.8) is 0 Å². The Bertz CT molecular complexity index is 397. The molecule has 0 amide bonds. The van der Waals surface area contributed by atoms with Gasteiger partial charge in [0.05, 0.1) is 0 Å². The number of hydrogen-bond acceptors (Lipinski definition) is 3. The number of hydrogen-bond donors (Lipinski definition) is 2. The number of nitrogens with zero attached hydrogens (tertiary/aromatic N) is 1. The van der Waals surface area contributed by atoms with Gasteiger partial charge in [-0.1, -0.05) is 18.2 Å². The Kier molecular flexibility index (Phi) is 4.38. The van der Waals surface area contributed by atoms with E-state index in [-0.39, 0.29) is 6.04 Å². The third kappa shape index (κ3) is 2.91. The summed E-state index contributed by atoms with van der Waals surface area (Å²) in [5, 5.41) is 3.38. The van der Waals surface area contributed by atoms with Crippen LogP contribution in [0, 0.1) is 13.8 Å². The zero-order chi connectivity index (χ0) is 13.1. The second-order valence-corrected chi connectivity index (χ2v) is 5.40. The average Bonchev–Trinajstić information content (AvgIpc) is 2.41. The SMILES string of the molecule is Cc1ccc(C(N)C(C)N2CCNCC2)cc1C. The molecule has 1 aromatic carbocycles. The van der Waals surface area contributed by atoms with Crippen molar-refractivity contribution < 1.29 is 0 Å². The summed E-state index contributed by atoms with van der Waals surface area (Å²) in [6.45, 7) is 10.9. The summed E-state index contributed by atoms with van der Waals surface area (Å²) in [6.07, 6.45) is 0. The Balaban J connectivity index is 2.09. The van der Waals surface area contributed by atoms with Gasteiger partial charge in [-0.3, -0.25) is 4.90 Å². The number of piperazine rings is 1. The molecule has 0 radical (unpaired) electrons. The van der Waals surface area contributed by atoms with Crippen LogP contribution in [0.5, 0.6) is 0 Å². The van der Waals surface area contributed by atoms with Crippen molar-refractivity contribution in [2.24, 2.45) is 5.73 Å². The van der Waals surface area contributed by atoms with Crippen molar-refractivity contribution in [2.75, 3.05) is 26.2 Å². The zero-order valence-corrected chi connectivity index (χ0v) is 11.7. The van der Waals surface area contributed by atoms with Crippen LogP contribution in [0.15, 0.2) is 18.2 Å². The third-order valence-electron chi connectivity index (χ3n) is 4.16. The largest absolute Gasteiger partial charge is 0.323 e. The molecule has 2 atom stereocenters. The lowest BCUT2D eigenvalue weighted by Gasteiger charge is -2.36. The highest BCUT2D eigenvalue weighted by molar-refractivity contribution is 5.32. The minimum atomic E-state index is 0.0994. The lowest BCUT2D eigenvalue weighted by molar-refractivity contribution is 0.163. The summed E-state index contributed by atoms with van der Waals surface area (Å²) in [7, 11) is 0. The highest BCUT2D eigenvalue weighted by atomic mass is 15.2. The quantitative estimate of drug-likeness (QED) is 0.852. The lowest BCUT2D eigenvalue weighted by Crippen LogP contribution is -2.50. The molecule has 0 saturated carbocycles. The highest BCUT2D eigenvalue weighted by Crippen LogP contribution is 2.21. The van der Waals surface area contributed by atoms with Crippen molar-refractivity contribution in [1.82, 2.24) is 10.2 Å². The number of rotatable bonds is 3. The molecule has 1 fully saturated rings. The van der Waals surface area contributed by atoms with Crippen molar-refractivity contribution in [2.45, 2.75) is 32.9 Å². The van der Waals surface area contributed by atoms with Gasteiger partial charge in [0.2, 0.25) is 0 Å². The number of aryl methyl sites for hydroxylation is 2. The summed E-state index contributed by atoms with van der Waals surface area (Å²) >= 11 is 0. The molecule has 1 aliphatic rings. The monoisotopic (exact) mass is 247 g/mol. The van der Waals surface area contributed by atoms with E-state index in [2.05, 4.69) is 49.2 Å². The molecule has 3 heteroatoms. The van der Waals surface area contributed by atoms with E-state index in [9.17, 15) is 0 Å². The Hall–Kier alpha value is -0.900. The summed E-state index contributed by atoms with van der Waals surface area (Å²) in [5.41, 5.74) is 10.3. The summed E-state index contributed by atoms with van der Waals surface area (Å²) in [6, 6.07) is 7.08. The minimum Gasteiger partial charge on any atom is -0.323 e. The van der Waals surface area contributed by atoms with Crippen LogP contribution in [-0.2, 0) is 0 Å². The maximum absolute atomic E-state index is 6.43. The Labute approximate surface area is 110 Å². The van der Waals surface area contributed by atoms with E-state index >= 15 is 0 Å². The average molecular weight is 247 g/mol. The molecule has 0 aromatic heterocycles. The first-order valence-corrected chi connectivity index (χ1v) is 6.87. The van der Waals surface area contributed by atoms with Crippen LogP contribution in [0.2, 0.25) is 0 Å². The molecule has 100 valence electrons. The van der Waals surface area contributed by atoms with Gasteiger partial charge < -0.3 is 11.1 Å². The van der Waals surface area contributed by atoms with Gasteiger partial charge in [0.15, 0.2) is 0 Å². The Morgan fingerprint density at radius 3 is 2.44 bits per heavy atom. The predicted octanol–water partition coefficient (Wildman–Crippen LogP) is 1.60. The summed E-state index contributed by atoms with van der Waals surface area (Å²) < 4.78 is 0. The van der Waals surface area contributed by atoms with E-state index in [1.54, 1.807) is 0 Å². The first kappa shape index (κ1) is 13.5. The molecule has 1 heterocycles. The van der Waals surface area contributed by atoms with Crippen LogP contribution < -0.4 is 11.1 Å². The molecule has 1 aromatic rings. The van der Waals surface area contributed by atoms with Gasteiger partial charge >= 0.3 is 0 Å². The molecule has 3 nitrogen and oxygen atoms in total. The number of nitrogens with one attached hydrogen (secondary N) is 1. The molecule has 18 heavy (non-hydrogen) atoms. The van der Waals surface area contributed by atoms with Gasteiger partial charge in [0.25, 0.3) is 0 Å². The van der Waals surface area contributed by atoms with E-state index < -0.39 is 0 Å². The lowest BCUT2D eigenvalue weighted by atomic mass is 9.96. The normalized spacial score (nSPS) is 20.7. The first-order valence-electron chi connectivity index (χ1n) is 6.87. The van der Waals surface area contributed by atoms with Crippen LogP contribution >= 0.6 is 0 Å². The van der Waals surface area contributed by atoms with Crippen molar-refractivity contribution >= 4 is 0 Å². The number of benzene rings is 1. The van der Waals surface area contributed by atoms with E-state index in [1.807, 2.05) is 0 Å². The van der Waals surface area contributed by atoms with Crippen molar-refractivity contribution in [1.29, 1.82) is 0 Å². The minimum absolute atomic E-state index is 0.0994. The molecule has 2 unspecified atom stereocenters. The van der Waals surface area contributed by atoms with Crippen LogP contribution in [0.3, 0.4) is 0 Å². The predicted molar refractivity (Wildman–Crippen MR) is 76.7 cm³/mol. The van der Waals surface area contributed by atoms with Gasteiger partial charge in [-0.15, -0.1) is 0 Å². The fraction of sp³-hybridized carbons (Fsp3) is 0.600. The van der Waals surface area contributed by atoms with E-state index in [4.69, 9.17) is 5.73 Å². The standard InChI is InChI=1S/C15H25N3/c1-11-4-5-14(10-12(11)2)15(16)13(3)18-8-6-17-7-9-18/h4-5,10,13,15,17H,6-9,16H2,1-3H3. The van der Waals surface area contributed by atoms with Gasteiger partial charge in [0.1, 0.15) is 0 Å².